The summed E-state index contributed by atoms with van der Waals surface area (Å²) < 4.78 is 16.4. The van der Waals surface area contributed by atoms with E-state index in [2.05, 4.69) is 0 Å². The fourth-order valence-corrected chi connectivity index (χ4v) is 2.60. The zero-order valence-corrected chi connectivity index (χ0v) is 12.1. The lowest BCUT2D eigenvalue weighted by molar-refractivity contribution is 0.0205. The van der Waals surface area contributed by atoms with Crippen LogP contribution in [0.25, 0.3) is 0 Å². The van der Waals surface area contributed by atoms with Gasteiger partial charge in [-0.2, -0.15) is 0 Å². The molecule has 0 radical (unpaired) electrons. The van der Waals surface area contributed by atoms with Gasteiger partial charge in [-0.1, -0.05) is 18.2 Å². The molecule has 1 heterocycles. The maximum Gasteiger partial charge on any atom is 0.150 e. The smallest absolute Gasteiger partial charge is 0.150 e. The third kappa shape index (κ3) is 2.67. The van der Waals surface area contributed by atoms with Crippen LogP contribution in [0, 0.1) is 0 Å². The van der Waals surface area contributed by atoms with Crippen LogP contribution in [-0.2, 0) is 6.42 Å². The second-order valence-corrected chi connectivity index (χ2v) is 5.06. The molecule has 2 aromatic carbocycles. The Morgan fingerprint density at radius 1 is 1.05 bits per heavy atom. The molecular formula is C17H18O4. The number of hydrogen-bond acceptors (Lipinski definition) is 4. The van der Waals surface area contributed by atoms with Crippen molar-refractivity contribution in [1.29, 1.82) is 0 Å². The molecule has 4 heteroatoms. The Balaban J connectivity index is 1.93. The molecule has 4 nitrogen and oxygen atoms in total. The van der Waals surface area contributed by atoms with Crippen molar-refractivity contribution in [2.75, 3.05) is 14.2 Å². The summed E-state index contributed by atoms with van der Waals surface area (Å²) in [6, 6.07) is 13.2. The van der Waals surface area contributed by atoms with E-state index in [9.17, 15) is 5.11 Å². The molecule has 2 aromatic rings. The molecule has 21 heavy (non-hydrogen) atoms. The highest BCUT2D eigenvalue weighted by Crippen LogP contribution is 2.37. The standard InChI is InChI=1S/C17H18O4/c1-19-13-5-3-4-12(8-13)17-15(18)9-11-6-7-14(20-2)10-16(11)21-17/h3-8,10,15,17-18H,9H2,1-2H3/t15-,17-/m0/s1. The molecule has 3 rings (SSSR count). The van der Waals surface area contributed by atoms with Gasteiger partial charge in [-0.15, -0.1) is 0 Å². The van der Waals surface area contributed by atoms with Gasteiger partial charge in [-0.25, -0.2) is 0 Å². The molecule has 2 atom stereocenters. The topological polar surface area (TPSA) is 47.9 Å². The van der Waals surface area contributed by atoms with Crippen molar-refractivity contribution < 1.29 is 19.3 Å². The quantitative estimate of drug-likeness (QED) is 0.942. The first-order valence-electron chi connectivity index (χ1n) is 6.87. The molecule has 0 aromatic heterocycles. The normalized spacial score (nSPS) is 20.3. The number of rotatable bonds is 3. The van der Waals surface area contributed by atoms with Crippen LogP contribution >= 0.6 is 0 Å². The zero-order chi connectivity index (χ0) is 14.8. The van der Waals surface area contributed by atoms with Crippen LogP contribution in [0.4, 0.5) is 0 Å². The molecule has 1 aliphatic rings. The monoisotopic (exact) mass is 286 g/mol. The third-order valence-corrected chi connectivity index (χ3v) is 3.73. The summed E-state index contributed by atoms with van der Waals surface area (Å²) in [6.45, 7) is 0. The Bertz CT molecular complexity index is 638. The number of benzene rings is 2. The summed E-state index contributed by atoms with van der Waals surface area (Å²) >= 11 is 0. The first kappa shape index (κ1) is 13.8. The van der Waals surface area contributed by atoms with Gasteiger partial charge >= 0.3 is 0 Å². The van der Waals surface area contributed by atoms with Crippen LogP contribution in [0.5, 0.6) is 17.2 Å². The van der Waals surface area contributed by atoms with Gasteiger partial charge in [0.05, 0.1) is 20.3 Å². The summed E-state index contributed by atoms with van der Waals surface area (Å²) in [7, 11) is 3.25. The molecule has 0 bridgehead atoms. The average molecular weight is 286 g/mol. The molecule has 0 fully saturated rings. The second kappa shape index (κ2) is 5.66. The molecule has 0 spiro atoms. The lowest BCUT2D eigenvalue weighted by atomic mass is 9.94. The summed E-state index contributed by atoms with van der Waals surface area (Å²) in [5.74, 6) is 2.25. The lowest BCUT2D eigenvalue weighted by Crippen LogP contribution is -2.30. The lowest BCUT2D eigenvalue weighted by Gasteiger charge is -2.31. The van der Waals surface area contributed by atoms with E-state index in [0.29, 0.717) is 6.42 Å². The predicted octanol–water partition coefficient (Wildman–Crippen LogP) is 2.74. The predicted molar refractivity (Wildman–Crippen MR) is 79.1 cm³/mol. The fraction of sp³-hybridized carbons (Fsp3) is 0.294. The minimum absolute atomic E-state index is 0.403. The average Bonchev–Trinajstić information content (AvgIpc) is 2.53. The first-order valence-corrected chi connectivity index (χ1v) is 6.87. The fourth-order valence-electron chi connectivity index (χ4n) is 2.60. The Kier molecular flexibility index (Phi) is 3.71. The highest BCUT2D eigenvalue weighted by molar-refractivity contribution is 5.44. The van der Waals surface area contributed by atoms with Gasteiger partial charge in [0.15, 0.2) is 0 Å². The van der Waals surface area contributed by atoms with Crippen molar-refractivity contribution in [3.05, 3.63) is 53.6 Å². The summed E-state index contributed by atoms with van der Waals surface area (Å²) in [5.41, 5.74) is 1.89. The zero-order valence-electron chi connectivity index (χ0n) is 12.1. The SMILES string of the molecule is COc1cccc([C@@H]2Oc3cc(OC)ccc3C[C@@H]2O)c1. The molecule has 0 saturated heterocycles. The highest BCUT2D eigenvalue weighted by Gasteiger charge is 2.30. The van der Waals surface area contributed by atoms with Crippen molar-refractivity contribution in [1.82, 2.24) is 0 Å². The first-order chi connectivity index (χ1) is 10.2. The van der Waals surface area contributed by atoms with E-state index >= 15 is 0 Å². The van der Waals surface area contributed by atoms with Crippen LogP contribution in [0.1, 0.15) is 17.2 Å². The maximum atomic E-state index is 10.4. The van der Waals surface area contributed by atoms with Crippen molar-refractivity contribution in [3.63, 3.8) is 0 Å². The van der Waals surface area contributed by atoms with Crippen molar-refractivity contribution in [3.8, 4) is 17.2 Å². The Labute approximate surface area is 123 Å². The van der Waals surface area contributed by atoms with Gasteiger partial charge in [0.2, 0.25) is 0 Å². The highest BCUT2D eigenvalue weighted by atomic mass is 16.5. The van der Waals surface area contributed by atoms with E-state index in [1.807, 2.05) is 42.5 Å². The van der Waals surface area contributed by atoms with Gasteiger partial charge in [0.1, 0.15) is 23.4 Å². The number of fused-ring (bicyclic) bond motifs is 1. The van der Waals surface area contributed by atoms with Crippen molar-refractivity contribution in [2.24, 2.45) is 0 Å². The van der Waals surface area contributed by atoms with Crippen LogP contribution in [-0.4, -0.2) is 25.4 Å². The number of methoxy groups -OCH3 is 2. The number of ether oxygens (including phenoxy) is 3. The number of aliphatic hydroxyl groups excluding tert-OH is 1. The largest absolute Gasteiger partial charge is 0.497 e. The third-order valence-electron chi connectivity index (χ3n) is 3.73. The van der Waals surface area contributed by atoms with Crippen LogP contribution in [0.2, 0.25) is 0 Å². The van der Waals surface area contributed by atoms with Crippen molar-refractivity contribution in [2.45, 2.75) is 18.6 Å². The molecule has 1 aliphatic heterocycles. The van der Waals surface area contributed by atoms with E-state index in [1.54, 1.807) is 14.2 Å². The van der Waals surface area contributed by atoms with Gasteiger partial charge in [-0.05, 0) is 29.3 Å². The molecule has 0 saturated carbocycles. The molecule has 0 amide bonds. The Morgan fingerprint density at radius 2 is 1.81 bits per heavy atom. The van der Waals surface area contributed by atoms with Gasteiger partial charge in [0, 0.05) is 12.5 Å². The van der Waals surface area contributed by atoms with E-state index in [-0.39, 0.29) is 0 Å². The Hall–Kier alpha value is -2.20. The minimum Gasteiger partial charge on any atom is -0.497 e. The molecule has 1 N–H and O–H groups in total. The van der Waals surface area contributed by atoms with Crippen LogP contribution in [0.3, 0.4) is 0 Å². The van der Waals surface area contributed by atoms with Crippen LogP contribution < -0.4 is 14.2 Å². The molecular weight excluding hydrogens is 268 g/mol. The summed E-state index contributed by atoms with van der Waals surface area (Å²) in [5, 5.41) is 10.4. The second-order valence-electron chi connectivity index (χ2n) is 5.06. The van der Waals surface area contributed by atoms with E-state index in [4.69, 9.17) is 14.2 Å². The van der Waals surface area contributed by atoms with E-state index in [0.717, 1.165) is 28.4 Å². The Morgan fingerprint density at radius 3 is 2.57 bits per heavy atom. The van der Waals surface area contributed by atoms with Crippen LogP contribution in [0.15, 0.2) is 42.5 Å². The van der Waals surface area contributed by atoms with Gasteiger partial charge in [-0.3, -0.25) is 0 Å². The van der Waals surface area contributed by atoms with Crippen molar-refractivity contribution >= 4 is 0 Å². The minimum atomic E-state index is -0.585. The van der Waals surface area contributed by atoms with E-state index in [1.165, 1.54) is 0 Å². The number of hydrogen-bond donors (Lipinski definition) is 1. The number of aliphatic hydroxyl groups is 1. The summed E-state index contributed by atoms with van der Waals surface area (Å²) in [6.07, 6.45) is -0.431. The molecule has 0 aliphatic carbocycles. The molecule has 0 unspecified atom stereocenters. The van der Waals surface area contributed by atoms with E-state index < -0.39 is 12.2 Å². The maximum absolute atomic E-state index is 10.4. The van der Waals surface area contributed by atoms with Gasteiger partial charge < -0.3 is 19.3 Å². The molecule has 110 valence electrons. The summed E-state index contributed by atoms with van der Waals surface area (Å²) in [4.78, 5) is 0. The van der Waals surface area contributed by atoms with Gasteiger partial charge in [0.25, 0.3) is 0 Å².